The summed E-state index contributed by atoms with van der Waals surface area (Å²) in [6.07, 6.45) is 27.0. The van der Waals surface area contributed by atoms with Crippen LogP contribution in [-0.2, 0) is 0 Å². The third kappa shape index (κ3) is 15.2. The number of halogens is 2. The van der Waals surface area contributed by atoms with Gasteiger partial charge in [-0.1, -0.05) is 88.9 Å². The van der Waals surface area contributed by atoms with Crippen LogP contribution in [0.15, 0.2) is 85.2 Å². The Morgan fingerprint density at radius 2 is 1.03 bits per heavy atom. The maximum Gasteiger partial charge on any atom is 0.335 e. The maximum absolute atomic E-state index is 12.9. The molecule has 0 radical (unpaired) electrons. The number of aromatic nitrogens is 2. The minimum Gasteiger partial charge on any atom is -0.478 e. The van der Waals surface area contributed by atoms with Gasteiger partial charge in [0, 0.05) is 23.2 Å². The number of nitrogens with one attached hydrogen (secondary N) is 1. The zero-order valence-electron chi connectivity index (χ0n) is 35.4. The molecule has 9 heteroatoms. The molecule has 0 spiro atoms. The number of carboxylic acid groups (broad SMARTS) is 1. The quantitative estimate of drug-likeness (QED) is 0.114. The predicted octanol–water partition coefficient (Wildman–Crippen LogP) is 10.9. The van der Waals surface area contributed by atoms with Gasteiger partial charge in [-0.3, -0.25) is 4.79 Å². The van der Waals surface area contributed by atoms with Crippen LogP contribution in [0.25, 0.3) is 0 Å². The number of carboxylic acids is 1. The smallest absolute Gasteiger partial charge is 0.335 e. The molecule has 0 bridgehead atoms. The van der Waals surface area contributed by atoms with E-state index < -0.39 is 11.8 Å². The van der Waals surface area contributed by atoms with Gasteiger partial charge in [0.15, 0.2) is 0 Å². The zero-order chi connectivity index (χ0) is 42.9. The lowest BCUT2D eigenvalue weighted by molar-refractivity contribution is 0.0696. The maximum atomic E-state index is 12.9. The van der Waals surface area contributed by atoms with Crippen molar-refractivity contribution in [1.29, 1.82) is 0 Å². The van der Waals surface area contributed by atoms with Gasteiger partial charge in [0.2, 0.25) is 0 Å². The van der Waals surface area contributed by atoms with Gasteiger partial charge in [-0.15, -0.1) is 0 Å². The molecule has 4 aromatic rings. The molecule has 8 rings (SSSR count). The van der Waals surface area contributed by atoms with Crippen LogP contribution in [0.2, 0.25) is 0 Å². The summed E-state index contributed by atoms with van der Waals surface area (Å²) >= 11 is 0. The highest BCUT2D eigenvalue weighted by Gasteiger charge is 2.38. The fraction of sp³-hybridized carbons (Fsp3) is 0.462. The van der Waals surface area contributed by atoms with Gasteiger partial charge < -0.3 is 16.2 Å². The number of hydrogen-bond donors (Lipinski definition) is 3. The van der Waals surface area contributed by atoms with E-state index >= 15 is 0 Å². The third-order valence-electron chi connectivity index (χ3n) is 12.6. The van der Waals surface area contributed by atoms with E-state index in [9.17, 15) is 18.4 Å². The molecule has 4 aliphatic rings. The Kier molecular flexibility index (Phi) is 16.6. The average molecular weight is 827 g/mol. The number of hydrogen-bond acceptors (Lipinski definition) is 5. The minimum absolute atomic E-state index is 0.00544. The van der Waals surface area contributed by atoms with Crippen LogP contribution >= 0.6 is 0 Å². The van der Waals surface area contributed by atoms with Gasteiger partial charge in [-0.05, 0) is 152 Å². The number of benzene rings is 2. The van der Waals surface area contributed by atoms with Crippen LogP contribution in [0.3, 0.4) is 0 Å². The van der Waals surface area contributed by atoms with Crippen molar-refractivity contribution in [1.82, 2.24) is 15.3 Å². The summed E-state index contributed by atoms with van der Waals surface area (Å²) in [5.74, 6) is 11.7. The van der Waals surface area contributed by atoms with E-state index in [0.29, 0.717) is 33.3 Å². The lowest BCUT2D eigenvalue weighted by atomic mass is 9.75. The Balaban J connectivity index is 0.000000170. The van der Waals surface area contributed by atoms with E-state index in [1.807, 2.05) is 24.3 Å². The van der Waals surface area contributed by atoms with Gasteiger partial charge >= 0.3 is 5.97 Å². The first-order valence-corrected chi connectivity index (χ1v) is 22.3. The van der Waals surface area contributed by atoms with Crippen molar-refractivity contribution in [2.45, 2.75) is 116 Å². The van der Waals surface area contributed by atoms with E-state index in [-0.39, 0.29) is 17.3 Å². The zero-order valence-corrected chi connectivity index (χ0v) is 35.4. The van der Waals surface area contributed by atoms with Crippen molar-refractivity contribution in [3.63, 3.8) is 0 Å². The van der Waals surface area contributed by atoms with Gasteiger partial charge in [-0.2, -0.15) is 0 Å². The Morgan fingerprint density at radius 1 is 0.607 bits per heavy atom. The monoisotopic (exact) mass is 826 g/mol. The highest BCUT2D eigenvalue weighted by Crippen LogP contribution is 2.47. The molecular weight excluding hydrogens is 767 g/mol. The number of nitrogens with zero attached hydrogens (tertiary/aromatic N) is 2. The normalized spacial score (nSPS) is 17.7. The molecule has 2 heterocycles. The molecule has 0 aliphatic heterocycles. The lowest BCUT2D eigenvalue weighted by Crippen LogP contribution is -2.38. The number of nitrogens with two attached hydrogens (primary N) is 1. The summed E-state index contributed by atoms with van der Waals surface area (Å²) in [5, 5.41) is 12.0. The molecule has 0 atom stereocenters. The molecule has 2 aromatic heterocycles. The highest BCUT2D eigenvalue weighted by molar-refractivity contribution is 5.94. The first-order chi connectivity index (χ1) is 29.6. The largest absolute Gasteiger partial charge is 0.478 e. The summed E-state index contributed by atoms with van der Waals surface area (Å²) in [6.45, 7) is 1.74. The minimum atomic E-state index is -0.977. The molecule has 0 saturated heterocycles. The predicted molar refractivity (Wildman–Crippen MR) is 237 cm³/mol. The average Bonchev–Trinajstić information content (AvgIpc) is 4.21. The number of carbonyl (C=O) groups excluding carboxylic acids is 1. The molecule has 61 heavy (non-hydrogen) atoms. The van der Waals surface area contributed by atoms with Crippen molar-refractivity contribution in [2.24, 2.45) is 28.4 Å². The van der Waals surface area contributed by atoms with Gasteiger partial charge in [0.1, 0.15) is 23.0 Å². The summed E-state index contributed by atoms with van der Waals surface area (Å²) in [6, 6.07) is 19.2. The van der Waals surface area contributed by atoms with Crippen molar-refractivity contribution in [2.75, 3.05) is 13.1 Å². The number of aromatic carboxylic acids is 1. The fourth-order valence-corrected chi connectivity index (χ4v) is 8.71. The SMILES string of the molecule is NCC1(CC2CC2)CCCCCC1.O=C(NCC1(CC2CC2)CCCCCC1)c1ccc(C#Cc2ccc(F)cn2)cc1.O=C(O)c1ccc(C#Cc2ccc(F)cn2)cc1. The molecule has 7 nitrogen and oxygen atoms in total. The van der Waals surface area contributed by atoms with Crippen molar-refractivity contribution in [3.05, 3.63) is 130 Å². The van der Waals surface area contributed by atoms with Crippen LogP contribution in [-0.4, -0.2) is 40.0 Å². The van der Waals surface area contributed by atoms with Crippen molar-refractivity contribution in [3.8, 4) is 23.7 Å². The Bertz CT molecular complexity index is 2130. The molecule has 1 amide bonds. The second kappa shape index (κ2) is 22.5. The first-order valence-electron chi connectivity index (χ1n) is 22.3. The Hall–Kier alpha value is -5.38. The fourth-order valence-electron chi connectivity index (χ4n) is 8.71. The number of pyridine rings is 2. The van der Waals surface area contributed by atoms with Crippen LogP contribution in [0.4, 0.5) is 8.78 Å². The van der Waals surface area contributed by atoms with Crippen LogP contribution in [0.5, 0.6) is 0 Å². The molecule has 4 aliphatic carbocycles. The van der Waals surface area contributed by atoms with Crippen molar-refractivity contribution >= 4 is 11.9 Å². The second-order valence-electron chi connectivity index (χ2n) is 17.7. The molecule has 0 unspecified atom stereocenters. The molecule has 4 N–H and O–H groups in total. The molecule has 320 valence electrons. The van der Waals surface area contributed by atoms with Gasteiger partial charge in [0.25, 0.3) is 5.91 Å². The Labute approximate surface area is 360 Å². The van der Waals surface area contributed by atoms with E-state index in [1.54, 1.807) is 18.2 Å². The highest BCUT2D eigenvalue weighted by atomic mass is 19.1. The van der Waals surface area contributed by atoms with Crippen LogP contribution in [0.1, 0.15) is 159 Å². The summed E-state index contributed by atoms with van der Waals surface area (Å²) in [5.41, 5.74) is 10.2. The van der Waals surface area contributed by atoms with Crippen molar-refractivity contribution < 1.29 is 23.5 Å². The number of carbonyl (C=O) groups is 2. The molecule has 2 aromatic carbocycles. The molecule has 4 fully saturated rings. The number of amides is 1. The first kappa shape index (κ1) is 45.2. The lowest BCUT2D eigenvalue weighted by Gasteiger charge is -2.33. The summed E-state index contributed by atoms with van der Waals surface area (Å²) in [7, 11) is 0. The van der Waals surface area contributed by atoms with E-state index in [0.717, 1.165) is 42.9 Å². The Morgan fingerprint density at radius 3 is 1.43 bits per heavy atom. The topological polar surface area (TPSA) is 118 Å². The van der Waals surface area contributed by atoms with E-state index in [4.69, 9.17) is 10.8 Å². The summed E-state index contributed by atoms with van der Waals surface area (Å²) in [4.78, 5) is 31.1. The van der Waals surface area contributed by atoms with E-state index in [2.05, 4.69) is 39.0 Å². The van der Waals surface area contributed by atoms with Gasteiger partial charge in [-0.25, -0.2) is 23.5 Å². The standard InChI is InChI=1S/C26H29FN2O.C14H8FNO2.C12H23N/c27-23-12-14-24(28-18-23)13-9-20-7-10-22(11-8-20)25(30)29-19-26(17-21-5-6-21)15-3-1-2-4-16-26;15-12-6-8-13(16-9-12)7-3-10-1-4-11(5-2-10)14(17)18;13-10-12(9-11-5-6-11)7-3-1-2-4-8-12/h7-8,10-12,14,18,21H,1-6,15-17,19H2,(H,29,30);1-2,4-6,8-9H,(H,17,18);11H,1-10,13H2. The van der Waals surface area contributed by atoms with Crippen LogP contribution < -0.4 is 11.1 Å². The molecular formula is C52H60F2N4O3. The second-order valence-corrected chi connectivity index (χ2v) is 17.7. The van der Waals surface area contributed by atoms with E-state index in [1.165, 1.54) is 146 Å². The third-order valence-corrected chi connectivity index (χ3v) is 12.6. The van der Waals surface area contributed by atoms with Crippen LogP contribution in [0, 0.1) is 58.0 Å². The molecule has 4 saturated carbocycles. The van der Waals surface area contributed by atoms with Gasteiger partial charge in [0.05, 0.1) is 18.0 Å². The number of rotatable bonds is 9. The summed E-state index contributed by atoms with van der Waals surface area (Å²) < 4.78 is 25.5.